The average Bonchev–Trinajstić information content (AvgIpc) is 2.89. The van der Waals surface area contributed by atoms with Crippen LogP contribution in [0.4, 0.5) is 0 Å². The second-order valence-electron chi connectivity index (χ2n) is 5.94. The summed E-state index contributed by atoms with van der Waals surface area (Å²) in [5.74, 6) is 2.17. The van der Waals surface area contributed by atoms with Crippen molar-refractivity contribution in [3.63, 3.8) is 0 Å². The van der Waals surface area contributed by atoms with Gasteiger partial charge in [-0.05, 0) is 24.5 Å². The number of methoxy groups -OCH3 is 3. The number of benzene rings is 1. The van der Waals surface area contributed by atoms with E-state index in [1.165, 1.54) is 11.1 Å². The van der Waals surface area contributed by atoms with Crippen LogP contribution in [0.5, 0.6) is 17.2 Å². The molecule has 0 atom stereocenters. The van der Waals surface area contributed by atoms with Gasteiger partial charge in [-0.1, -0.05) is 5.21 Å². The third kappa shape index (κ3) is 3.17. The summed E-state index contributed by atoms with van der Waals surface area (Å²) >= 11 is 0. The first kappa shape index (κ1) is 16.6. The highest BCUT2D eigenvalue weighted by molar-refractivity contribution is 5.59. The number of hydrogen-bond acceptors (Lipinski definition) is 6. The zero-order valence-corrected chi connectivity index (χ0v) is 14.7. The summed E-state index contributed by atoms with van der Waals surface area (Å²) in [7, 11) is 6.86. The van der Waals surface area contributed by atoms with E-state index in [9.17, 15) is 0 Å². The molecule has 2 heterocycles. The topological polar surface area (TPSA) is 61.6 Å². The van der Waals surface area contributed by atoms with Crippen LogP contribution >= 0.6 is 0 Å². The van der Waals surface area contributed by atoms with Gasteiger partial charge in [0.05, 0.1) is 27.0 Å². The lowest BCUT2D eigenvalue weighted by molar-refractivity contribution is 0.275. The Labute approximate surface area is 142 Å². The quantitative estimate of drug-likeness (QED) is 0.826. The Hall–Kier alpha value is -2.28. The minimum atomic E-state index is 0.668. The maximum atomic E-state index is 5.64. The van der Waals surface area contributed by atoms with Crippen LogP contribution in [0.1, 0.15) is 16.8 Å². The van der Waals surface area contributed by atoms with Crippen molar-refractivity contribution >= 4 is 0 Å². The third-order valence-corrected chi connectivity index (χ3v) is 4.44. The van der Waals surface area contributed by atoms with Crippen molar-refractivity contribution < 1.29 is 14.2 Å². The van der Waals surface area contributed by atoms with E-state index in [2.05, 4.69) is 21.3 Å². The molecule has 1 aliphatic rings. The zero-order chi connectivity index (χ0) is 17.1. The highest BCUT2D eigenvalue weighted by Crippen LogP contribution is 2.43. The van der Waals surface area contributed by atoms with E-state index in [-0.39, 0.29) is 0 Å². The van der Waals surface area contributed by atoms with E-state index in [0.717, 1.165) is 49.7 Å². The van der Waals surface area contributed by atoms with Gasteiger partial charge < -0.3 is 14.2 Å². The molecule has 0 saturated heterocycles. The highest BCUT2D eigenvalue weighted by atomic mass is 16.5. The van der Waals surface area contributed by atoms with Gasteiger partial charge >= 0.3 is 0 Å². The van der Waals surface area contributed by atoms with Crippen molar-refractivity contribution in [3.8, 4) is 17.2 Å². The van der Waals surface area contributed by atoms with Crippen molar-refractivity contribution in [2.24, 2.45) is 7.05 Å². The van der Waals surface area contributed by atoms with Gasteiger partial charge in [0.25, 0.3) is 0 Å². The summed E-state index contributed by atoms with van der Waals surface area (Å²) < 4.78 is 18.4. The second-order valence-corrected chi connectivity index (χ2v) is 5.94. The number of rotatable bonds is 5. The fourth-order valence-corrected chi connectivity index (χ4v) is 3.28. The SMILES string of the molecule is COc1cc2c(c(OC)c1OC)CCN(Cc1cn(C)nn1)CC2. The molecule has 0 N–H and O–H groups in total. The Balaban J connectivity index is 1.84. The van der Waals surface area contributed by atoms with E-state index < -0.39 is 0 Å². The summed E-state index contributed by atoms with van der Waals surface area (Å²) in [6.45, 7) is 2.70. The zero-order valence-electron chi connectivity index (χ0n) is 14.7. The molecule has 0 saturated carbocycles. The molecule has 24 heavy (non-hydrogen) atoms. The van der Waals surface area contributed by atoms with Crippen LogP contribution in [-0.2, 0) is 26.4 Å². The highest BCUT2D eigenvalue weighted by Gasteiger charge is 2.24. The molecule has 0 unspecified atom stereocenters. The molecule has 130 valence electrons. The Morgan fingerprint density at radius 1 is 1.04 bits per heavy atom. The first-order valence-electron chi connectivity index (χ1n) is 8.04. The second kappa shape index (κ2) is 7.09. The summed E-state index contributed by atoms with van der Waals surface area (Å²) in [6, 6.07) is 2.07. The number of fused-ring (bicyclic) bond motifs is 1. The molecule has 0 fully saturated rings. The lowest BCUT2D eigenvalue weighted by atomic mass is 10.0. The maximum absolute atomic E-state index is 5.64. The fourth-order valence-electron chi connectivity index (χ4n) is 3.28. The predicted octanol–water partition coefficient (Wildman–Crippen LogP) is 1.44. The predicted molar refractivity (Wildman–Crippen MR) is 89.8 cm³/mol. The van der Waals surface area contributed by atoms with Gasteiger partial charge in [-0.3, -0.25) is 9.58 Å². The first-order valence-corrected chi connectivity index (χ1v) is 8.04. The molecular weight excluding hydrogens is 308 g/mol. The van der Waals surface area contributed by atoms with Gasteiger partial charge in [0.1, 0.15) is 0 Å². The van der Waals surface area contributed by atoms with E-state index in [1.54, 1.807) is 26.0 Å². The number of nitrogens with zero attached hydrogens (tertiary/aromatic N) is 4. The van der Waals surface area contributed by atoms with Gasteiger partial charge in [0, 0.05) is 38.4 Å². The van der Waals surface area contributed by atoms with Crippen LogP contribution < -0.4 is 14.2 Å². The van der Waals surface area contributed by atoms with Crippen molar-refractivity contribution in [1.82, 2.24) is 19.9 Å². The summed E-state index contributed by atoms with van der Waals surface area (Å²) in [4.78, 5) is 2.39. The van der Waals surface area contributed by atoms with Gasteiger partial charge in [-0.2, -0.15) is 0 Å². The maximum Gasteiger partial charge on any atom is 0.203 e. The van der Waals surface area contributed by atoms with Crippen LogP contribution in [0.2, 0.25) is 0 Å². The molecule has 3 rings (SSSR count). The molecule has 1 aromatic heterocycles. The number of ether oxygens (including phenoxy) is 3. The van der Waals surface area contributed by atoms with Gasteiger partial charge in [0.15, 0.2) is 11.5 Å². The van der Waals surface area contributed by atoms with Gasteiger partial charge in [-0.15, -0.1) is 5.10 Å². The fraction of sp³-hybridized carbons (Fsp3) is 0.529. The molecule has 7 nitrogen and oxygen atoms in total. The minimum Gasteiger partial charge on any atom is -0.493 e. The molecule has 1 aliphatic heterocycles. The molecular formula is C17H24N4O3. The minimum absolute atomic E-state index is 0.668. The van der Waals surface area contributed by atoms with Crippen LogP contribution in [-0.4, -0.2) is 54.3 Å². The van der Waals surface area contributed by atoms with Crippen LogP contribution in [0.3, 0.4) is 0 Å². The molecule has 2 aromatic rings. The van der Waals surface area contributed by atoms with E-state index in [0.29, 0.717) is 5.75 Å². The lowest BCUT2D eigenvalue weighted by Gasteiger charge is -2.18. The van der Waals surface area contributed by atoms with Crippen molar-refractivity contribution in [3.05, 3.63) is 29.1 Å². The number of hydrogen-bond donors (Lipinski definition) is 0. The smallest absolute Gasteiger partial charge is 0.203 e. The number of aromatic nitrogens is 3. The monoisotopic (exact) mass is 332 g/mol. The van der Waals surface area contributed by atoms with Gasteiger partial charge in [0.2, 0.25) is 5.75 Å². The van der Waals surface area contributed by atoms with E-state index in [1.807, 2.05) is 13.2 Å². The molecule has 0 radical (unpaired) electrons. The molecule has 1 aromatic carbocycles. The van der Waals surface area contributed by atoms with Gasteiger partial charge in [-0.25, -0.2) is 0 Å². The Bertz CT molecular complexity index is 714. The Kier molecular flexibility index (Phi) is 4.89. The van der Waals surface area contributed by atoms with Crippen LogP contribution in [0, 0.1) is 0 Å². The summed E-state index contributed by atoms with van der Waals surface area (Å²) in [5.41, 5.74) is 3.45. The normalized spacial score (nSPS) is 14.8. The summed E-state index contributed by atoms with van der Waals surface area (Å²) in [6.07, 6.45) is 3.80. The van der Waals surface area contributed by atoms with E-state index in [4.69, 9.17) is 14.2 Å². The molecule has 0 spiro atoms. The van der Waals surface area contributed by atoms with Crippen LogP contribution in [0.25, 0.3) is 0 Å². The van der Waals surface area contributed by atoms with Crippen LogP contribution in [0.15, 0.2) is 12.3 Å². The first-order chi connectivity index (χ1) is 11.7. The van der Waals surface area contributed by atoms with E-state index >= 15 is 0 Å². The standard InChI is InChI=1S/C17H24N4O3/c1-20-10-13(18-19-20)11-21-7-5-12-9-15(22-2)17(24-4)16(23-3)14(12)6-8-21/h9-10H,5-8,11H2,1-4H3. The lowest BCUT2D eigenvalue weighted by Crippen LogP contribution is -2.26. The average molecular weight is 332 g/mol. The molecule has 0 aliphatic carbocycles. The number of aryl methyl sites for hydroxylation is 1. The molecule has 0 bridgehead atoms. The van der Waals surface area contributed by atoms with Crippen molar-refractivity contribution in [1.29, 1.82) is 0 Å². The third-order valence-electron chi connectivity index (χ3n) is 4.44. The largest absolute Gasteiger partial charge is 0.493 e. The summed E-state index contributed by atoms with van der Waals surface area (Å²) in [5, 5.41) is 8.19. The van der Waals surface area contributed by atoms with Crippen molar-refractivity contribution in [2.45, 2.75) is 19.4 Å². The Morgan fingerprint density at radius 2 is 1.79 bits per heavy atom. The Morgan fingerprint density at radius 3 is 2.42 bits per heavy atom. The molecule has 0 amide bonds. The molecule has 7 heteroatoms. The van der Waals surface area contributed by atoms with Crippen molar-refractivity contribution in [2.75, 3.05) is 34.4 Å².